The van der Waals surface area contributed by atoms with Gasteiger partial charge in [0.2, 0.25) is 0 Å². The van der Waals surface area contributed by atoms with Crippen molar-refractivity contribution in [3.8, 4) is 0 Å². The van der Waals surface area contributed by atoms with E-state index in [0.29, 0.717) is 19.4 Å². The lowest BCUT2D eigenvalue weighted by atomic mass is 9.98. The van der Waals surface area contributed by atoms with Crippen LogP contribution in [0.4, 0.5) is 10.5 Å². The summed E-state index contributed by atoms with van der Waals surface area (Å²) in [6.45, 7) is 3.74. The van der Waals surface area contributed by atoms with Gasteiger partial charge in [-0.3, -0.25) is 14.6 Å². The first-order chi connectivity index (χ1) is 13.5. The maximum Gasteiger partial charge on any atom is 0.325 e. The fourth-order valence-electron chi connectivity index (χ4n) is 4.61. The van der Waals surface area contributed by atoms with Gasteiger partial charge in [-0.2, -0.15) is 0 Å². The molecule has 1 aromatic rings. The first-order valence-electron chi connectivity index (χ1n) is 10.0. The van der Waals surface area contributed by atoms with Crippen molar-refractivity contribution in [1.82, 2.24) is 15.1 Å². The quantitative estimate of drug-likeness (QED) is 0.728. The molecule has 0 aromatic heterocycles. The molecular formula is C20H27ClN4O3. The molecule has 2 N–H and O–H groups in total. The molecule has 3 aliphatic rings. The van der Waals surface area contributed by atoms with E-state index in [-0.39, 0.29) is 18.5 Å². The van der Waals surface area contributed by atoms with Gasteiger partial charge in [-0.25, -0.2) is 4.79 Å². The number of aliphatic hydroxyl groups excluding tert-OH is 1. The fraction of sp³-hybridized carbons (Fsp3) is 0.600. The summed E-state index contributed by atoms with van der Waals surface area (Å²) in [6.07, 6.45) is 2.57. The topological polar surface area (TPSA) is 76.1 Å². The number of piperazine rings is 1. The molecule has 1 aromatic carbocycles. The van der Waals surface area contributed by atoms with Crippen LogP contribution in [0.5, 0.6) is 0 Å². The molecular weight excluding hydrogens is 380 g/mol. The van der Waals surface area contributed by atoms with E-state index in [9.17, 15) is 14.7 Å². The van der Waals surface area contributed by atoms with Crippen LogP contribution in [0.1, 0.15) is 25.7 Å². The summed E-state index contributed by atoms with van der Waals surface area (Å²) in [7, 11) is 0. The highest BCUT2D eigenvalue weighted by atomic mass is 35.5. The number of nitrogens with one attached hydrogen (secondary N) is 1. The van der Waals surface area contributed by atoms with E-state index < -0.39 is 11.6 Å². The average molecular weight is 407 g/mol. The Hall–Kier alpha value is -1.83. The molecule has 0 bridgehead atoms. The number of rotatable bonds is 5. The van der Waals surface area contributed by atoms with Crippen LogP contribution < -0.4 is 10.2 Å². The minimum Gasteiger partial charge on any atom is -0.390 e. The Morgan fingerprint density at radius 2 is 1.75 bits per heavy atom. The van der Waals surface area contributed by atoms with E-state index in [2.05, 4.69) is 15.1 Å². The molecule has 2 aliphatic heterocycles. The number of carbonyl (C=O) groups is 2. The summed E-state index contributed by atoms with van der Waals surface area (Å²) < 4.78 is 0. The smallest absolute Gasteiger partial charge is 0.325 e. The van der Waals surface area contributed by atoms with Gasteiger partial charge in [-0.1, -0.05) is 36.6 Å². The number of imide groups is 1. The molecule has 1 atom stereocenters. The Kier molecular flexibility index (Phi) is 5.49. The van der Waals surface area contributed by atoms with Gasteiger partial charge in [-0.05, 0) is 25.0 Å². The van der Waals surface area contributed by atoms with Crippen molar-refractivity contribution in [3.63, 3.8) is 0 Å². The number of benzene rings is 1. The van der Waals surface area contributed by atoms with Crippen molar-refractivity contribution >= 4 is 29.2 Å². The number of amides is 3. The van der Waals surface area contributed by atoms with E-state index in [0.717, 1.165) is 49.7 Å². The lowest BCUT2D eigenvalue weighted by molar-refractivity contribution is -0.132. The summed E-state index contributed by atoms with van der Waals surface area (Å²) in [5.74, 6) is -0.169. The van der Waals surface area contributed by atoms with Crippen LogP contribution in [-0.4, -0.2) is 77.8 Å². The van der Waals surface area contributed by atoms with Gasteiger partial charge in [0.15, 0.2) is 0 Å². The molecule has 3 fully saturated rings. The standard InChI is InChI=1S/C20H27ClN4O3/c21-16-5-1-2-6-17(16)24-11-9-23(10-12-24)13-15(26)14-25-18(27)20(22-19(25)28)7-3-4-8-20/h1-2,5-6,15,26H,3-4,7-14H2,(H,22,28)/t15-/m1/s1. The average Bonchev–Trinajstić information content (AvgIpc) is 3.24. The van der Waals surface area contributed by atoms with Crippen molar-refractivity contribution in [2.24, 2.45) is 0 Å². The highest BCUT2D eigenvalue weighted by Gasteiger charge is 2.52. The number of halogens is 1. The molecule has 0 unspecified atom stereocenters. The Balaban J connectivity index is 1.28. The lowest BCUT2D eigenvalue weighted by Crippen LogP contribution is -2.51. The van der Waals surface area contributed by atoms with Crippen LogP contribution in [0, 0.1) is 0 Å². The number of β-amino-alcohol motifs (C(OH)–C–C–N with tert-alkyl or cyclic N) is 1. The zero-order valence-corrected chi connectivity index (χ0v) is 16.7. The van der Waals surface area contributed by atoms with Crippen LogP contribution >= 0.6 is 11.6 Å². The van der Waals surface area contributed by atoms with Gasteiger partial charge in [0.1, 0.15) is 5.54 Å². The van der Waals surface area contributed by atoms with Crippen molar-refractivity contribution in [2.45, 2.75) is 37.3 Å². The van der Waals surface area contributed by atoms with Gasteiger partial charge in [-0.15, -0.1) is 0 Å². The zero-order valence-electron chi connectivity index (χ0n) is 15.9. The van der Waals surface area contributed by atoms with Crippen LogP contribution in [0.3, 0.4) is 0 Å². The zero-order chi connectivity index (χ0) is 19.7. The third kappa shape index (κ3) is 3.71. The summed E-state index contributed by atoms with van der Waals surface area (Å²) >= 11 is 6.28. The summed E-state index contributed by atoms with van der Waals surface area (Å²) in [5.41, 5.74) is 0.322. The largest absolute Gasteiger partial charge is 0.390 e. The van der Waals surface area contributed by atoms with E-state index in [1.807, 2.05) is 24.3 Å². The Labute approximate surface area is 170 Å². The number of para-hydroxylation sites is 1. The number of urea groups is 1. The Morgan fingerprint density at radius 1 is 1.07 bits per heavy atom. The maximum absolute atomic E-state index is 12.7. The fourth-order valence-corrected chi connectivity index (χ4v) is 4.86. The second kappa shape index (κ2) is 7.89. The Morgan fingerprint density at radius 3 is 2.43 bits per heavy atom. The summed E-state index contributed by atoms with van der Waals surface area (Å²) in [4.78, 5) is 30.6. The number of hydrogen-bond donors (Lipinski definition) is 2. The molecule has 1 saturated carbocycles. The minimum atomic E-state index is -0.752. The number of aliphatic hydroxyl groups is 1. The van der Waals surface area contributed by atoms with Crippen molar-refractivity contribution < 1.29 is 14.7 Å². The number of carbonyl (C=O) groups excluding carboxylic acids is 2. The van der Waals surface area contributed by atoms with Gasteiger partial charge in [0.25, 0.3) is 5.91 Å². The van der Waals surface area contributed by atoms with Crippen LogP contribution in [0.2, 0.25) is 5.02 Å². The first kappa shape index (κ1) is 19.5. The van der Waals surface area contributed by atoms with Crippen LogP contribution in [0.15, 0.2) is 24.3 Å². The molecule has 1 spiro atoms. The van der Waals surface area contributed by atoms with E-state index >= 15 is 0 Å². The van der Waals surface area contributed by atoms with Crippen molar-refractivity contribution in [1.29, 1.82) is 0 Å². The minimum absolute atomic E-state index is 0.0527. The molecule has 28 heavy (non-hydrogen) atoms. The summed E-state index contributed by atoms with van der Waals surface area (Å²) in [6, 6.07) is 7.44. The first-order valence-corrected chi connectivity index (χ1v) is 10.4. The number of nitrogens with zero attached hydrogens (tertiary/aromatic N) is 3. The predicted molar refractivity (Wildman–Crippen MR) is 108 cm³/mol. The van der Waals surface area contributed by atoms with E-state index in [4.69, 9.17) is 11.6 Å². The second-order valence-electron chi connectivity index (χ2n) is 8.03. The van der Waals surface area contributed by atoms with Gasteiger partial charge in [0.05, 0.1) is 23.4 Å². The second-order valence-corrected chi connectivity index (χ2v) is 8.44. The van der Waals surface area contributed by atoms with Crippen LogP contribution in [-0.2, 0) is 4.79 Å². The molecule has 1 aliphatic carbocycles. The SMILES string of the molecule is O=C1NC2(CCCC2)C(=O)N1C[C@H](O)CN1CCN(c2ccccc2Cl)CC1. The maximum atomic E-state index is 12.7. The lowest BCUT2D eigenvalue weighted by Gasteiger charge is -2.37. The molecule has 2 saturated heterocycles. The Bertz CT molecular complexity index is 745. The molecule has 8 heteroatoms. The highest BCUT2D eigenvalue weighted by Crippen LogP contribution is 2.35. The molecule has 152 valence electrons. The van der Waals surface area contributed by atoms with Crippen molar-refractivity contribution in [3.05, 3.63) is 29.3 Å². The number of anilines is 1. The molecule has 4 rings (SSSR count). The molecule has 2 heterocycles. The van der Waals surface area contributed by atoms with Gasteiger partial charge < -0.3 is 15.3 Å². The van der Waals surface area contributed by atoms with Crippen LogP contribution in [0.25, 0.3) is 0 Å². The normalized spacial score (nSPS) is 23.5. The van der Waals surface area contributed by atoms with Gasteiger partial charge >= 0.3 is 6.03 Å². The van der Waals surface area contributed by atoms with E-state index in [1.165, 1.54) is 4.90 Å². The van der Waals surface area contributed by atoms with Gasteiger partial charge in [0, 0.05) is 32.7 Å². The molecule has 0 radical (unpaired) electrons. The third-order valence-electron chi connectivity index (χ3n) is 6.13. The molecule has 3 amide bonds. The predicted octanol–water partition coefficient (Wildman–Crippen LogP) is 1.69. The van der Waals surface area contributed by atoms with E-state index in [1.54, 1.807) is 0 Å². The third-order valence-corrected chi connectivity index (χ3v) is 6.45. The van der Waals surface area contributed by atoms with Crippen molar-refractivity contribution in [2.75, 3.05) is 44.2 Å². The monoisotopic (exact) mass is 406 g/mol. The molecule has 7 nitrogen and oxygen atoms in total. The highest BCUT2D eigenvalue weighted by molar-refractivity contribution is 6.33. The number of hydrogen-bond acceptors (Lipinski definition) is 5. The summed E-state index contributed by atoms with van der Waals surface area (Å²) in [5, 5.41) is 14.1.